The molecule has 2 N–H and O–H groups in total. The molecule has 7 heteroatoms. The lowest BCUT2D eigenvalue weighted by molar-refractivity contribution is -0.134. The van der Waals surface area contributed by atoms with Crippen LogP contribution in [0.1, 0.15) is 52.1 Å². The maximum Gasteiger partial charge on any atom is 0.408 e. The minimum absolute atomic E-state index is 0.0313. The zero-order chi connectivity index (χ0) is 22.3. The van der Waals surface area contributed by atoms with Gasteiger partial charge in [0, 0.05) is 25.0 Å². The van der Waals surface area contributed by atoms with Gasteiger partial charge in [0.15, 0.2) is 0 Å². The van der Waals surface area contributed by atoms with E-state index in [0.29, 0.717) is 19.5 Å². The van der Waals surface area contributed by atoms with E-state index in [0.717, 1.165) is 48.9 Å². The summed E-state index contributed by atoms with van der Waals surface area (Å²) >= 11 is 0. The van der Waals surface area contributed by atoms with Crippen LogP contribution in [-0.2, 0) is 16.1 Å². The van der Waals surface area contributed by atoms with Gasteiger partial charge in [0.05, 0.1) is 11.2 Å². The molecule has 168 valence electrons. The largest absolute Gasteiger partial charge is 0.444 e. The molecule has 2 aromatic rings. The van der Waals surface area contributed by atoms with Crippen LogP contribution >= 0.6 is 0 Å². The van der Waals surface area contributed by atoms with Crippen LogP contribution in [0, 0.1) is 0 Å². The summed E-state index contributed by atoms with van der Waals surface area (Å²) in [5.74, 6) is -0.0313. The van der Waals surface area contributed by atoms with Gasteiger partial charge in [0.25, 0.3) is 0 Å². The number of carbonyl (C=O) groups excluding carboxylic acids is 2. The van der Waals surface area contributed by atoms with Crippen LogP contribution in [-0.4, -0.2) is 53.2 Å². The van der Waals surface area contributed by atoms with E-state index in [4.69, 9.17) is 4.74 Å². The van der Waals surface area contributed by atoms with Gasteiger partial charge in [-0.1, -0.05) is 24.3 Å². The zero-order valence-corrected chi connectivity index (χ0v) is 18.8. The highest BCUT2D eigenvalue weighted by Crippen LogP contribution is 2.13. The third-order valence-corrected chi connectivity index (χ3v) is 5.23. The molecule has 2 amide bonds. The molecule has 1 fully saturated rings. The van der Waals surface area contributed by atoms with Gasteiger partial charge in [-0.15, -0.1) is 0 Å². The molecule has 1 unspecified atom stereocenters. The first-order chi connectivity index (χ1) is 14.8. The van der Waals surface area contributed by atoms with Crippen molar-refractivity contribution in [2.75, 3.05) is 19.6 Å². The summed E-state index contributed by atoms with van der Waals surface area (Å²) in [6, 6.07) is 11.5. The lowest BCUT2D eigenvalue weighted by atomic mass is 10.1. The second kappa shape index (κ2) is 10.6. The average molecular weight is 427 g/mol. The Kier molecular flexibility index (Phi) is 7.85. The van der Waals surface area contributed by atoms with Gasteiger partial charge in [-0.05, 0) is 65.1 Å². The second-order valence-corrected chi connectivity index (χ2v) is 9.05. The van der Waals surface area contributed by atoms with Crippen molar-refractivity contribution in [3.63, 3.8) is 0 Å². The molecule has 0 radical (unpaired) electrons. The maximum absolute atomic E-state index is 13.0. The van der Waals surface area contributed by atoms with E-state index >= 15 is 0 Å². The first-order valence-corrected chi connectivity index (χ1v) is 11.2. The topological polar surface area (TPSA) is 83.6 Å². The number of fused-ring (bicyclic) bond motifs is 1. The number of likely N-dealkylation sites (tertiary alicyclic amines) is 1. The molecule has 7 nitrogen and oxygen atoms in total. The summed E-state index contributed by atoms with van der Waals surface area (Å²) in [6.45, 7) is 8.11. The van der Waals surface area contributed by atoms with Crippen LogP contribution in [0.25, 0.3) is 10.9 Å². The van der Waals surface area contributed by atoms with Crippen molar-refractivity contribution in [1.29, 1.82) is 0 Å². The standard InChI is InChI=1S/C24H34N4O3/c1-24(2,3)31-23(30)27-21(22(29)28-15-7-4-8-16-28)13-14-25-17-19-12-11-18-9-5-6-10-20(18)26-19/h5-6,9-12,21,25H,4,7-8,13-17H2,1-3H3,(H,27,30). The summed E-state index contributed by atoms with van der Waals surface area (Å²) < 4.78 is 5.37. The summed E-state index contributed by atoms with van der Waals surface area (Å²) in [5.41, 5.74) is 1.30. The van der Waals surface area contributed by atoms with Crippen LogP contribution in [0.3, 0.4) is 0 Å². The fourth-order valence-corrected chi connectivity index (χ4v) is 3.71. The third-order valence-electron chi connectivity index (χ3n) is 5.23. The lowest BCUT2D eigenvalue weighted by Gasteiger charge is -2.31. The number of pyridine rings is 1. The number of benzene rings is 1. The second-order valence-electron chi connectivity index (χ2n) is 9.05. The number of para-hydroxylation sites is 1. The van der Waals surface area contributed by atoms with Gasteiger partial charge < -0.3 is 20.3 Å². The average Bonchev–Trinajstić information content (AvgIpc) is 2.74. The van der Waals surface area contributed by atoms with Crippen molar-refractivity contribution in [1.82, 2.24) is 20.5 Å². The number of amides is 2. The van der Waals surface area contributed by atoms with Crippen LogP contribution in [0.15, 0.2) is 36.4 Å². The Balaban J connectivity index is 1.56. The molecule has 1 aliphatic rings. The monoisotopic (exact) mass is 426 g/mol. The van der Waals surface area contributed by atoms with Gasteiger partial charge >= 0.3 is 6.09 Å². The number of piperidine rings is 1. The van der Waals surface area contributed by atoms with E-state index in [1.54, 1.807) is 0 Å². The number of aromatic nitrogens is 1. The molecule has 0 bridgehead atoms. The summed E-state index contributed by atoms with van der Waals surface area (Å²) in [4.78, 5) is 31.8. The number of ether oxygens (including phenoxy) is 1. The first kappa shape index (κ1) is 23.0. The number of rotatable bonds is 7. The van der Waals surface area contributed by atoms with Crippen molar-refractivity contribution in [3.05, 3.63) is 42.1 Å². The molecule has 2 heterocycles. The van der Waals surface area contributed by atoms with Gasteiger partial charge in [0.2, 0.25) is 5.91 Å². The highest BCUT2D eigenvalue weighted by molar-refractivity contribution is 5.85. The van der Waals surface area contributed by atoms with E-state index < -0.39 is 17.7 Å². The third kappa shape index (κ3) is 7.21. The molecular formula is C24H34N4O3. The molecular weight excluding hydrogens is 392 g/mol. The molecule has 1 saturated heterocycles. The number of alkyl carbamates (subject to hydrolysis) is 1. The predicted octanol–water partition coefficient (Wildman–Crippen LogP) is 3.62. The minimum atomic E-state index is -0.608. The highest BCUT2D eigenvalue weighted by atomic mass is 16.6. The van der Waals surface area contributed by atoms with Crippen LogP contribution in [0.4, 0.5) is 4.79 Å². The number of carbonyl (C=O) groups is 2. The Labute approximate surface area is 184 Å². The molecule has 1 aromatic carbocycles. The summed E-state index contributed by atoms with van der Waals surface area (Å²) in [6.07, 6.45) is 3.10. The molecule has 31 heavy (non-hydrogen) atoms. The van der Waals surface area contributed by atoms with Gasteiger partial charge in [-0.25, -0.2) is 4.79 Å². The molecule has 1 aliphatic heterocycles. The summed E-state index contributed by atoms with van der Waals surface area (Å²) in [7, 11) is 0. The Hall–Kier alpha value is -2.67. The maximum atomic E-state index is 13.0. The van der Waals surface area contributed by atoms with Crippen LogP contribution in [0.2, 0.25) is 0 Å². The normalized spacial score (nSPS) is 15.5. The number of hydrogen-bond acceptors (Lipinski definition) is 5. The number of nitrogens with one attached hydrogen (secondary N) is 2. The Bertz CT molecular complexity index is 888. The zero-order valence-electron chi connectivity index (χ0n) is 18.8. The number of hydrogen-bond donors (Lipinski definition) is 2. The number of nitrogens with zero attached hydrogens (tertiary/aromatic N) is 2. The molecule has 0 aliphatic carbocycles. The Morgan fingerprint density at radius 1 is 1.10 bits per heavy atom. The van der Waals surface area contributed by atoms with E-state index in [1.165, 1.54) is 0 Å². The van der Waals surface area contributed by atoms with E-state index in [2.05, 4.69) is 21.7 Å². The van der Waals surface area contributed by atoms with Gasteiger partial charge in [0.1, 0.15) is 11.6 Å². The molecule has 0 spiro atoms. The fraction of sp³-hybridized carbons (Fsp3) is 0.542. The minimum Gasteiger partial charge on any atom is -0.444 e. The van der Waals surface area contributed by atoms with E-state index in [1.807, 2.05) is 56.0 Å². The van der Waals surface area contributed by atoms with E-state index in [9.17, 15) is 9.59 Å². The van der Waals surface area contributed by atoms with Gasteiger partial charge in [-0.2, -0.15) is 0 Å². The lowest BCUT2D eigenvalue weighted by Crippen LogP contribution is -2.51. The van der Waals surface area contributed by atoms with Crippen molar-refractivity contribution >= 4 is 22.9 Å². The van der Waals surface area contributed by atoms with E-state index in [-0.39, 0.29) is 5.91 Å². The van der Waals surface area contributed by atoms with Crippen LogP contribution in [0.5, 0.6) is 0 Å². The van der Waals surface area contributed by atoms with Crippen LogP contribution < -0.4 is 10.6 Å². The Morgan fingerprint density at radius 3 is 2.58 bits per heavy atom. The van der Waals surface area contributed by atoms with Crippen molar-refractivity contribution in [2.24, 2.45) is 0 Å². The highest BCUT2D eigenvalue weighted by Gasteiger charge is 2.28. The summed E-state index contributed by atoms with van der Waals surface area (Å²) in [5, 5.41) is 7.25. The fourth-order valence-electron chi connectivity index (χ4n) is 3.71. The smallest absolute Gasteiger partial charge is 0.408 e. The predicted molar refractivity (Wildman–Crippen MR) is 122 cm³/mol. The van der Waals surface area contributed by atoms with Crippen molar-refractivity contribution in [3.8, 4) is 0 Å². The van der Waals surface area contributed by atoms with Gasteiger partial charge in [-0.3, -0.25) is 9.78 Å². The quantitative estimate of drug-likeness (QED) is 0.661. The SMILES string of the molecule is CC(C)(C)OC(=O)NC(CCNCc1ccc2ccccc2n1)C(=O)N1CCCCC1. The Morgan fingerprint density at radius 2 is 1.84 bits per heavy atom. The molecule has 1 atom stereocenters. The first-order valence-electron chi connectivity index (χ1n) is 11.2. The molecule has 1 aromatic heterocycles. The molecule has 3 rings (SSSR count). The van der Waals surface area contributed by atoms with Crippen molar-refractivity contribution in [2.45, 2.75) is 64.6 Å². The van der Waals surface area contributed by atoms with Crippen molar-refractivity contribution < 1.29 is 14.3 Å². The molecule has 0 saturated carbocycles.